The Morgan fingerprint density at radius 3 is 1.31 bits per heavy atom. The number of carbonyl (C=O) groups excluding carboxylic acids is 1. The summed E-state index contributed by atoms with van der Waals surface area (Å²) in [4.78, 5) is 13.3. The first-order valence-corrected chi connectivity index (χ1v) is 32.7. The maximum absolute atomic E-state index is 13.3. The second kappa shape index (κ2) is 48.1. The lowest BCUT2D eigenvalue weighted by Gasteiger charge is -2.48. The number of ether oxygens (including phenoxy) is 6. The summed E-state index contributed by atoms with van der Waals surface area (Å²) in [6.07, 6.45) is 32.1. The Hall–Kier alpha value is -2.77. The summed E-state index contributed by atoms with van der Waals surface area (Å²) in [6.45, 7) is 1.53. The van der Waals surface area contributed by atoms with Crippen LogP contribution >= 0.6 is 0 Å². The van der Waals surface area contributed by atoms with Crippen molar-refractivity contribution >= 4 is 5.91 Å². The quantitative estimate of drug-likeness (QED) is 0.0209. The average molecular weight is 1210 g/mol. The number of carbonyl (C=O) groups is 1. The van der Waals surface area contributed by atoms with E-state index in [2.05, 4.69) is 67.8 Å². The lowest BCUT2D eigenvalue weighted by atomic mass is 9.96. The van der Waals surface area contributed by atoms with Crippen LogP contribution in [0.15, 0.2) is 72.9 Å². The molecule has 85 heavy (non-hydrogen) atoms. The Bertz CT molecular complexity index is 1830. The van der Waals surface area contributed by atoms with E-state index < -0.39 is 131 Å². The van der Waals surface area contributed by atoms with Crippen molar-refractivity contribution in [1.82, 2.24) is 5.32 Å². The van der Waals surface area contributed by atoms with Gasteiger partial charge < -0.3 is 89.9 Å². The highest BCUT2D eigenvalue weighted by Gasteiger charge is 2.53. The van der Waals surface area contributed by atoms with Crippen molar-refractivity contribution in [3.8, 4) is 0 Å². The Morgan fingerprint density at radius 1 is 0.435 bits per heavy atom. The van der Waals surface area contributed by atoms with Gasteiger partial charge in [-0.3, -0.25) is 4.79 Å². The third kappa shape index (κ3) is 31.0. The zero-order valence-corrected chi connectivity index (χ0v) is 51.6. The second-order valence-electron chi connectivity index (χ2n) is 23.2. The molecule has 19 heteroatoms. The maximum Gasteiger partial charge on any atom is 0.220 e. The second-order valence-corrected chi connectivity index (χ2v) is 23.2. The molecule has 0 bridgehead atoms. The zero-order chi connectivity index (χ0) is 61.9. The smallest absolute Gasteiger partial charge is 0.220 e. The standard InChI is InChI=1S/C66H115NO18/c1-3-5-7-9-11-13-15-17-18-19-20-21-22-23-24-25-26-27-28-29-30-32-33-35-37-39-41-43-50(71)49(67-54(72)44-42-40-38-36-34-31-16-14-12-10-8-6-4-2)48-80-64-60(78)57(75)62(52(46-69)82-64)85-66-61(79)58(76)63(53(47-70)83-66)84-65-59(77)56(74)55(73)51(45-68)81-65/h6,8,12,14,31,33-35,38,40-41,43,49-53,55-66,68-71,73-79H,3-5,7,9-11,13,15-30,32,36-37,39,42,44-48H2,1-2H3,(H,67,72)/b8-6-,14-12-,34-31-,35-33+,40-38-,43-41+. The van der Waals surface area contributed by atoms with Gasteiger partial charge in [0.1, 0.15) is 73.2 Å². The van der Waals surface area contributed by atoms with Crippen LogP contribution in [-0.4, -0.2) is 193 Å². The normalized spacial score (nSPS) is 29.4. The fourth-order valence-electron chi connectivity index (χ4n) is 10.7. The SMILES string of the molecule is CC/C=C\C/C=C\C/C=C\C/C=C\CCC(=O)NC(COC1OC(CO)C(OC2OC(CO)C(OC3OC(CO)C(O)C(O)C3O)C(O)C2O)C(O)C1O)C(O)/C=C/CC/C=C/CCCCCCCCCCCCCCCCCCCCCCC. The number of amides is 1. The van der Waals surface area contributed by atoms with Gasteiger partial charge in [-0.15, -0.1) is 0 Å². The first kappa shape index (κ1) is 76.5. The lowest BCUT2D eigenvalue weighted by Crippen LogP contribution is -2.66. The number of hydrogen-bond donors (Lipinski definition) is 12. The van der Waals surface area contributed by atoms with Crippen LogP contribution in [-0.2, 0) is 33.2 Å². The lowest BCUT2D eigenvalue weighted by molar-refractivity contribution is -0.379. The van der Waals surface area contributed by atoms with Crippen LogP contribution in [0.25, 0.3) is 0 Å². The molecule has 0 radical (unpaired) electrons. The van der Waals surface area contributed by atoms with Gasteiger partial charge in [0.15, 0.2) is 18.9 Å². The van der Waals surface area contributed by atoms with E-state index in [1.54, 1.807) is 6.08 Å². The van der Waals surface area contributed by atoms with Crippen LogP contribution in [0.2, 0.25) is 0 Å². The van der Waals surface area contributed by atoms with E-state index in [1.165, 1.54) is 128 Å². The number of rotatable bonds is 48. The number of aliphatic hydroxyl groups is 11. The number of hydrogen-bond acceptors (Lipinski definition) is 18. The molecule has 492 valence electrons. The number of unbranched alkanes of at least 4 members (excludes halogenated alkanes) is 22. The molecule has 17 atom stereocenters. The summed E-state index contributed by atoms with van der Waals surface area (Å²) in [5, 5.41) is 120. The summed E-state index contributed by atoms with van der Waals surface area (Å²) >= 11 is 0. The fourth-order valence-corrected chi connectivity index (χ4v) is 10.7. The molecule has 12 N–H and O–H groups in total. The molecular weight excluding hydrogens is 1090 g/mol. The molecule has 0 saturated carbocycles. The summed E-state index contributed by atoms with van der Waals surface area (Å²) in [6, 6.07) is -1.03. The third-order valence-corrected chi connectivity index (χ3v) is 16.0. The van der Waals surface area contributed by atoms with Crippen LogP contribution in [0, 0.1) is 0 Å². The largest absolute Gasteiger partial charge is 0.394 e. The van der Waals surface area contributed by atoms with Gasteiger partial charge in [-0.2, -0.15) is 0 Å². The molecule has 0 aromatic heterocycles. The highest BCUT2D eigenvalue weighted by molar-refractivity contribution is 5.76. The number of allylic oxidation sites excluding steroid dienone is 11. The summed E-state index contributed by atoms with van der Waals surface area (Å²) in [5.41, 5.74) is 0. The van der Waals surface area contributed by atoms with Crippen LogP contribution < -0.4 is 5.32 Å². The van der Waals surface area contributed by atoms with Crippen molar-refractivity contribution in [2.75, 3.05) is 26.4 Å². The van der Waals surface area contributed by atoms with Gasteiger partial charge in [0.2, 0.25) is 5.91 Å². The molecule has 1 amide bonds. The molecule has 0 aromatic rings. The van der Waals surface area contributed by atoms with Gasteiger partial charge in [0.25, 0.3) is 0 Å². The molecular formula is C66H115NO18. The first-order valence-electron chi connectivity index (χ1n) is 32.7. The van der Waals surface area contributed by atoms with Crippen LogP contribution in [0.4, 0.5) is 0 Å². The van der Waals surface area contributed by atoms with Gasteiger partial charge in [-0.1, -0.05) is 215 Å². The molecule has 0 aliphatic carbocycles. The predicted octanol–water partition coefficient (Wildman–Crippen LogP) is 7.38. The van der Waals surface area contributed by atoms with Gasteiger partial charge >= 0.3 is 0 Å². The highest BCUT2D eigenvalue weighted by atomic mass is 16.8. The van der Waals surface area contributed by atoms with Crippen LogP contribution in [0.3, 0.4) is 0 Å². The van der Waals surface area contributed by atoms with Gasteiger partial charge in [-0.25, -0.2) is 0 Å². The zero-order valence-electron chi connectivity index (χ0n) is 51.6. The van der Waals surface area contributed by atoms with Crippen molar-refractivity contribution in [3.05, 3.63) is 72.9 Å². The Balaban J connectivity index is 1.46. The van der Waals surface area contributed by atoms with E-state index in [0.717, 1.165) is 38.5 Å². The summed E-state index contributed by atoms with van der Waals surface area (Å²) in [7, 11) is 0. The minimum Gasteiger partial charge on any atom is -0.394 e. The fraction of sp³-hybridized carbons (Fsp3) is 0.803. The molecule has 0 spiro atoms. The van der Waals surface area contributed by atoms with E-state index in [-0.39, 0.29) is 12.3 Å². The van der Waals surface area contributed by atoms with Crippen molar-refractivity contribution in [2.45, 2.75) is 311 Å². The van der Waals surface area contributed by atoms with E-state index in [9.17, 15) is 61.0 Å². The Kier molecular flexibility index (Phi) is 43.3. The molecule has 3 aliphatic heterocycles. The van der Waals surface area contributed by atoms with E-state index in [4.69, 9.17) is 28.4 Å². The molecule has 3 rings (SSSR count). The predicted molar refractivity (Wildman–Crippen MR) is 328 cm³/mol. The number of nitrogens with one attached hydrogen (secondary N) is 1. The maximum atomic E-state index is 13.3. The van der Waals surface area contributed by atoms with E-state index in [0.29, 0.717) is 19.3 Å². The van der Waals surface area contributed by atoms with Crippen LogP contribution in [0.5, 0.6) is 0 Å². The van der Waals surface area contributed by atoms with Crippen molar-refractivity contribution in [3.63, 3.8) is 0 Å². The van der Waals surface area contributed by atoms with Crippen molar-refractivity contribution in [1.29, 1.82) is 0 Å². The summed E-state index contributed by atoms with van der Waals surface area (Å²) < 4.78 is 34.2. The molecule has 3 heterocycles. The minimum atomic E-state index is -1.99. The molecule has 3 aliphatic rings. The molecule has 3 saturated heterocycles. The van der Waals surface area contributed by atoms with Gasteiger partial charge in [0.05, 0.1) is 38.6 Å². The molecule has 17 unspecified atom stereocenters. The Morgan fingerprint density at radius 2 is 0.824 bits per heavy atom. The van der Waals surface area contributed by atoms with Gasteiger partial charge in [-0.05, 0) is 57.8 Å². The third-order valence-electron chi connectivity index (χ3n) is 16.0. The number of aliphatic hydroxyl groups excluding tert-OH is 11. The van der Waals surface area contributed by atoms with Crippen LogP contribution in [0.1, 0.15) is 206 Å². The average Bonchev–Trinajstić information content (AvgIpc) is 3.60. The van der Waals surface area contributed by atoms with Gasteiger partial charge in [0, 0.05) is 6.42 Å². The van der Waals surface area contributed by atoms with E-state index >= 15 is 0 Å². The molecule has 0 aromatic carbocycles. The topological polar surface area (TPSA) is 307 Å². The molecule has 19 nitrogen and oxygen atoms in total. The van der Waals surface area contributed by atoms with Crippen molar-refractivity contribution in [2.24, 2.45) is 0 Å². The highest BCUT2D eigenvalue weighted by Crippen LogP contribution is 2.33. The monoisotopic (exact) mass is 1210 g/mol. The Labute approximate surface area is 508 Å². The molecule has 3 fully saturated rings. The summed E-state index contributed by atoms with van der Waals surface area (Å²) in [5.74, 6) is -0.367. The minimum absolute atomic E-state index is 0.111. The van der Waals surface area contributed by atoms with Crippen molar-refractivity contribution < 1.29 is 89.4 Å². The first-order chi connectivity index (χ1) is 41.3. The van der Waals surface area contributed by atoms with E-state index in [1.807, 2.05) is 18.2 Å².